The van der Waals surface area contributed by atoms with Crippen LogP contribution in [0.2, 0.25) is 0 Å². The fourth-order valence-electron chi connectivity index (χ4n) is 3.60. The molecule has 82 valence electrons. The van der Waals surface area contributed by atoms with Gasteiger partial charge in [-0.15, -0.1) is 0 Å². The van der Waals surface area contributed by atoms with Crippen LogP contribution in [0.3, 0.4) is 0 Å². The summed E-state index contributed by atoms with van der Waals surface area (Å²) in [7, 11) is 0. The first-order valence-electron chi connectivity index (χ1n) is 6.03. The number of hydrogen-bond donors (Lipinski definition) is 2. The van der Waals surface area contributed by atoms with Crippen LogP contribution in [0.15, 0.2) is 0 Å². The zero-order valence-corrected chi connectivity index (χ0v) is 9.32. The van der Waals surface area contributed by atoms with Gasteiger partial charge in [0.25, 0.3) is 0 Å². The van der Waals surface area contributed by atoms with Gasteiger partial charge < -0.3 is 10.8 Å². The summed E-state index contributed by atoms with van der Waals surface area (Å²) in [6.45, 7) is 4.27. The molecule has 0 saturated heterocycles. The Kier molecular flexibility index (Phi) is 2.85. The normalized spacial score (nSPS) is 45.4. The molecule has 0 heterocycles. The Morgan fingerprint density at radius 3 is 2.50 bits per heavy atom. The summed E-state index contributed by atoms with van der Waals surface area (Å²) in [5.41, 5.74) is 5.71. The van der Waals surface area contributed by atoms with Gasteiger partial charge in [0.15, 0.2) is 0 Å². The van der Waals surface area contributed by atoms with Gasteiger partial charge in [-0.1, -0.05) is 6.92 Å². The van der Waals surface area contributed by atoms with Crippen LogP contribution in [0.5, 0.6) is 0 Å². The number of nitrogens with two attached hydrogens (primary N) is 1. The maximum absolute atomic E-state index is 9.81. The summed E-state index contributed by atoms with van der Waals surface area (Å²) >= 11 is 0. The van der Waals surface area contributed by atoms with Gasteiger partial charge in [-0.2, -0.15) is 0 Å². The first-order valence-corrected chi connectivity index (χ1v) is 6.03. The summed E-state index contributed by atoms with van der Waals surface area (Å²) in [6.07, 6.45) is 4.88. The number of hydrogen-bond acceptors (Lipinski definition) is 2. The minimum absolute atomic E-state index is 0.0682. The SMILES string of the molecule is CC(N)C(O)C[C@H]1C2CCC(C2)[C@H]1C. The fraction of sp³-hybridized carbons (Fsp3) is 1.00. The second kappa shape index (κ2) is 3.82. The monoisotopic (exact) mass is 197 g/mol. The van der Waals surface area contributed by atoms with Crippen LogP contribution < -0.4 is 5.73 Å². The van der Waals surface area contributed by atoms with Crippen molar-refractivity contribution in [2.24, 2.45) is 29.4 Å². The third-order valence-corrected chi connectivity index (χ3v) is 4.66. The first kappa shape index (κ1) is 10.4. The molecular formula is C12H23NO. The minimum atomic E-state index is -0.290. The van der Waals surface area contributed by atoms with Crippen molar-refractivity contribution in [3.8, 4) is 0 Å². The standard InChI is InChI=1S/C12H23NO/c1-7-9-3-4-10(5-9)11(7)6-12(14)8(2)13/h7-12,14H,3-6,13H2,1-2H3/t7-,8?,9?,10?,11-,12?/m1/s1. The average Bonchev–Trinajstić information content (AvgIpc) is 2.69. The van der Waals surface area contributed by atoms with Crippen molar-refractivity contribution in [2.75, 3.05) is 0 Å². The van der Waals surface area contributed by atoms with Crippen LogP contribution in [0.25, 0.3) is 0 Å². The number of aliphatic hydroxyl groups is 1. The molecule has 2 bridgehead atoms. The van der Waals surface area contributed by atoms with E-state index >= 15 is 0 Å². The lowest BCUT2D eigenvalue weighted by atomic mass is 9.77. The molecule has 2 saturated carbocycles. The molecule has 2 fully saturated rings. The van der Waals surface area contributed by atoms with Gasteiger partial charge in [0, 0.05) is 6.04 Å². The predicted molar refractivity (Wildman–Crippen MR) is 57.8 cm³/mol. The molecule has 0 aliphatic heterocycles. The Balaban J connectivity index is 1.92. The van der Waals surface area contributed by atoms with Gasteiger partial charge in [-0.05, 0) is 56.3 Å². The summed E-state index contributed by atoms with van der Waals surface area (Å²) < 4.78 is 0. The van der Waals surface area contributed by atoms with Crippen LogP contribution in [-0.2, 0) is 0 Å². The van der Waals surface area contributed by atoms with E-state index in [-0.39, 0.29) is 12.1 Å². The molecule has 2 heteroatoms. The van der Waals surface area contributed by atoms with E-state index in [0.717, 1.165) is 30.1 Å². The van der Waals surface area contributed by atoms with Crippen molar-refractivity contribution in [3.63, 3.8) is 0 Å². The lowest BCUT2D eigenvalue weighted by molar-refractivity contribution is 0.0883. The van der Waals surface area contributed by atoms with E-state index in [4.69, 9.17) is 5.73 Å². The fourth-order valence-corrected chi connectivity index (χ4v) is 3.60. The summed E-state index contributed by atoms with van der Waals surface area (Å²) in [5, 5.41) is 9.81. The molecule has 2 nitrogen and oxygen atoms in total. The maximum Gasteiger partial charge on any atom is 0.0691 e. The molecule has 2 aliphatic carbocycles. The Morgan fingerprint density at radius 2 is 2.00 bits per heavy atom. The molecule has 2 aliphatic rings. The molecule has 0 radical (unpaired) electrons. The van der Waals surface area contributed by atoms with Crippen molar-refractivity contribution in [3.05, 3.63) is 0 Å². The van der Waals surface area contributed by atoms with E-state index in [2.05, 4.69) is 6.92 Å². The predicted octanol–water partition coefficient (Wildman–Crippen LogP) is 1.77. The van der Waals surface area contributed by atoms with E-state index in [0.29, 0.717) is 0 Å². The molecule has 2 rings (SSSR count). The van der Waals surface area contributed by atoms with E-state index in [1.807, 2.05) is 6.92 Å². The Bertz CT molecular complexity index is 202. The van der Waals surface area contributed by atoms with Crippen molar-refractivity contribution in [1.29, 1.82) is 0 Å². The highest BCUT2D eigenvalue weighted by Gasteiger charge is 2.45. The summed E-state index contributed by atoms with van der Waals surface area (Å²) in [6, 6.07) is -0.0682. The molecule has 0 aromatic carbocycles. The molecule has 0 spiro atoms. The number of aliphatic hydroxyl groups excluding tert-OH is 1. The molecule has 0 aromatic rings. The Labute approximate surface area is 86.9 Å². The third-order valence-electron chi connectivity index (χ3n) is 4.66. The topological polar surface area (TPSA) is 46.2 Å². The van der Waals surface area contributed by atoms with Crippen LogP contribution in [0, 0.1) is 23.7 Å². The highest BCUT2D eigenvalue weighted by molar-refractivity contribution is 4.95. The lowest BCUT2D eigenvalue weighted by Gasteiger charge is -2.30. The van der Waals surface area contributed by atoms with Crippen molar-refractivity contribution in [1.82, 2.24) is 0 Å². The second-order valence-electron chi connectivity index (χ2n) is 5.52. The zero-order valence-electron chi connectivity index (χ0n) is 9.32. The van der Waals surface area contributed by atoms with E-state index in [1.165, 1.54) is 19.3 Å². The van der Waals surface area contributed by atoms with Crippen molar-refractivity contribution in [2.45, 2.75) is 51.7 Å². The molecule has 14 heavy (non-hydrogen) atoms. The van der Waals surface area contributed by atoms with E-state index in [1.54, 1.807) is 0 Å². The van der Waals surface area contributed by atoms with Gasteiger partial charge >= 0.3 is 0 Å². The maximum atomic E-state index is 9.81. The molecule has 0 amide bonds. The van der Waals surface area contributed by atoms with Gasteiger partial charge in [-0.25, -0.2) is 0 Å². The molecular weight excluding hydrogens is 174 g/mol. The van der Waals surface area contributed by atoms with Gasteiger partial charge in [0.05, 0.1) is 6.10 Å². The lowest BCUT2D eigenvalue weighted by Crippen LogP contribution is -2.35. The molecule has 3 N–H and O–H groups in total. The van der Waals surface area contributed by atoms with Gasteiger partial charge in [0.1, 0.15) is 0 Å². The number of fused-ring (bicyclic) bond motifs is 2. The van der Waals surface area contributed by atoms with Crippen LogP contribution in [-0.4, -0.2) is 17.3 Å². The minimum Gasteiger partial charge on any atom is -0.392 e. The summed E-state index contributed by atoms with van der Waals surface area (Å²) in [5.74, 6) is 3.41. The largest absolute Gasteiger partial charge is 0.392 e. The van der Waals surface area contributed by atoms with Gasteiger partial charge in [-0.3, -0.25) is 0 Å². The smallest absolute Gasteiger partial charge is 0.0691 e. The molecule has 0 aromatic heterocycles. The van der Waals surface area contributed by atoms with E-state index < -0.39 is 0 Å². The van der Waals surface area contributed by atoms with Crippen LogP contribution >= 0.6 is 0 Å². The third kappa shape index (κ3) is 1.70. The average molecular weight is 197 g/mol. The Hall–Kier alpha value is -0.0800. The van der Waals surface area contributed by atoms with Crippen molar-refractivity contribution >= 4 is 0 Å². The quantitative estimate of drug-likeness (QED) is 0.724. The zero-order chi connectivity index (χ0) is 10.3. The van der Waals surface area contributed by atoms with Gasteiger partial charge in [0.2, 0.25) is 0 Å². The Morgan fingerprint density at radius 1 is 1.36 bits per heavy atom. The number of rotatable bonds is 3. The van der Waals surface area contributed by atoms with Crippen LogP contribution in [0.1, 0.15) is 39.5 Å². The summed E-state index contributed by atoms with van der Waals surface area (Å²) in [4.78, 5) is 0. The highest BCUT2D eigenvalue weighted by Crippen LogP contribution is 2.53. The van der Waals surface area contributed by atoms with Crippen molar-refractivity contribution < 1.29 is 5.11 Å². The van der Waals surface area contributed by atoms with E-state index in [9.17, 15) is 5.11 Å². The second-order valence-corrected chi connectivity index (χ2v) is 5.52. The first-order chi connectivity index (χ1) is 6.59. The molecule has 4 unspecified atom stereocenters. The highest BCUT2D eigenvalue weighted by atomic mass is 16.3. The molecule has 6 atom stereocenters. The van der Waals surface area contributed by atoms with Crippen LogP contribution in [0.4, 0.5) is 0 Å².